The second kappa shape index (κ2) is 6.22. The first kappa shape index (κ1) is 13.4. The molecule has 0 fully saturated rings. The van der Waals surface area contributed by atoms with Gasteiger partial charge in [-0.3, -0.25) is 4.98 Å². The molecule has 3 heterocycles. The molecule has 0 saturated heterocycles. The van der Waals surface area contributed by atoms with E-state index >= 15 is 0 Å². The average Bonchev–Trinajstić information content (AvgIpc) is 2.94. The second-order valence-corrected chi connectivity index (χ2v) is 5.82. The molecule has 2 aromatic heterocycles. The topological polar surface area (TPSA) is 50.7 Å². The predicted molar refractivity (Wildman–Crippen MR) is 82.9 cm³/mol. The lowest BCUT2D eigenvalue weighted by Crippen LogP contribution is -2.10. The molecule has 0 spiro atoms. The SMILES string of the molecule is CCCNc1nc(Cc2ccccn2)nc2c1CSC2. The van der Waals surface area contributed by atoms with Crippen LogP contribution in [0.3, 0.4) is 0 Å². The summed E-state index contributed by atoms with van der Waals surface area (Å²) in [5.41, 5.74) is 3.49. The van der Waals surface area contributed by atoms with E-state index < -0.39 is 0 Å². The Morgan fingerprint density at radius 1 is 1.25 bits per heavy atom. The zero-order chi connectivity index (χ0) is 13.8. The molecular formula is C15H18N4S. The first-order chi connectivity index (χ1) is 9.86. The minimum Gasteiger partial charge on any atom is -0.370 e. The van der Waals surface area contributed by atoms with Crippen molar-refractivity contribution in [1.29, 1.82) is 0 Å². The first-order valence-corrected chi connectivity index (χ1v) is 8.12. The van der Waals surface area contributed by atoms with Crippen LogP contribution >= 0.6 is 11.8 Å². The Balaban J connectivity index is 1.88. The van der Waals surface area contributed by atoms with Crippen LogP contribution in [0, 0.1) is 0 Å². The van der Waals surface area contributed by atoms with Gasteiger partial charge in [0, 0.05) is 35.5 Å². The summed E-state index contributed by atoms with van der Waals surface area (Å²) < 4.78 is 0. The maximum atomic E-state index is 4.71. The number of thioether (sulfide) groups is 1. The predicted octanol–water partition coefficient (Wildman–Crippen LogP) is 3.03. The Morgan fingerprint density at radius 2 is 2.20 bits per heavy atom. The molecule has 0 saturated carbocycles. The summed E-state index contributed by atoms with van der Waals surface area (Å²) in [7, 11) is 0. The highest BCUT2D eigenvalue weighted by molar-refractivity contribution is 7.98. The van der Waals surface area contributed by atoms with Gasteiger partial charge in [-0.25, -0.2) is 9.97 Å². The number of hydrogen-bond donors (Lipinski definition) is 1. The van der Waals surface area contributed by atoms with Crippen LogP contribution < -0.4 is 5.32 Å². The number of pyridine rings is 1. The van der Waals surface area contributed by atoms with Crippen LogP contribution in [0.25, 0.3) is 0 Å². The molecule has 1 aliphatic rings. The zero-order valence-corrected chi connectivity index (χ0v) is 12.4. The van der Waals surface area contributed by atoms with E-state index in [1.165, 1.54) is 11.3 Å². The fourth-order valence-electron chi connectivity index (χ4n) is 2.24. The van der Waals surface area contributed by atoms with Crippen molar-refractivity contribution in [3.8, 4) is 0 Å². The molecule has 2 aromatic rings. The Labute approximate surface area is 123 Å². The molecule has 0 atom stereocenters. The van der Waals surface area contributed by atoms with Gasteiger partial charge in [0.1, 0.15) is 11.6 Å². The molecule has 0 unspecified atom stereocenters. The first-order valence-electron chi connectivity index (χ1n) is 6.97. The van der Waals surface area contributed by atoms with Crippen LogP contribution in [0.15, 0.2) is 24.4 Å². The maximum absolute atomic E-state index is 4.71. The molecule has 4 nitrogen and oxygen atoms in total. The van der Waals surface area contributed by atoms with Gasteiger partial charge >= 0.3 is 0 Å². The highest BCUT2D eigenvalue weighted by atomic mass is 32.2. The van der Waals surface area contributed by atoms with Crippen molar-refractivity contribution in [2.24, 2.45) is 0 Å². The van der Waals surface area contributed by atoms with Crippen LogP contribution in [0.4, 0.5) is 5.82 Å². The second-order valence-electron chi connectivity index (χ2n) is 4.83. The summed E-state index contributed by atoms with van der Waals surface area (Å²) in [6, 6.07) is 5.95. The summed E-state index contributed by atoms with van der Waals surface area (Å²) in [6.07, 6.45) is 3.61. The van der Waals surface area contributed by atoms with Crippen molar-refractivity contribution in [1.82, 2.24) is 15.0 Å². The van der Waals surface area contributed by atoms with E-state index in [0.717, 1.165) is 41.8 Å². The smallest absolute Gasteiger partial charge is 0.137 e. The van der Waals surface area contributed by atoms with Gasteiger partial charge in [-0.1, -0.05) is 13.0 Å². The molecule has 0 aliphatic carbocycles. The van der Waals surface area contributed by atoms with Crippen molar-refractivity contribution in [2.75, 3.05) is 11.9 Å². The lowest BCUT2D eigenvalue weighted by Gasteiger charge is -2.11. The molecule has 0 amide bonds. The van der Waals surface area contributed by atoms with Crippen molar-refractivity contribution in [3.05, 3.63) is 47.2 Å². The average molecular weight is 286 g/mol. The van der Waals surface area contributed by atoms with Gasteiger partial charge in [0.15, 0.2) is 0 Å². The molecule has 20 heavy (non-hydrogen) atoms. The van der Waals surface area contributed by atoms with Crippen LogP contribution in [-0.2, 0) is 17.9 Å². The highest BCUT2D eigenvalue weighted by Crippen LogP contribution is 2.32. The standard InChI is InChI=1S/C15H18N4S/c1-2-6-17-15-12-9-20-10-13(12)18-14(19-15)8-11-5-3-4-7-16-11/h3-5,7H,2,6,8-10H2,1H3,(H,17,18,19). The van der Waals surface area contributed by atoms with Gasteiger partial charge in [-0.15, -0.1) is 0 Å². The summed E-state index contributed by atoms with van der Waals surface area (Å²) in [5.74, 6) is 3.90. The third kappa shape index (κ3) is 2.93. The number of rotatable bonds is 5. The van der Waals surface area contributed by atoms with Gasteiger partial charge in [0.2, 0.25) is 0 Å². The monoisotopic (exact) mass is 286 g/mol. The third-order valence-corrected chi connectivity index (χ3v) is 4.20. The Morgan fingerprint density at radius 3 is 3.00 bits per heavy atom. The van der Waals surface area contributed by atoms with E-state index in [-0.39, 0.29) is 0 Å². The summed E-state index contributed by atoms with van der Waals surface area (Å²) in [5, 5.41) is 3.44. The number of hydrogen-bond acceptors (Lipinski definition) is 5. The number of nitrogens with one attached hydrogen (secondary N) is 1. The molecule has 1 aliphatic heterocycles. The molecule has 104 valence electrons. The van der Waals surface area contributed by atoms with Gasteiger partial charge in [0.05, 0.1) is 12.1 Å². The zero-order valence-electron chi connectivity index (χ0n) is 11.6. The fraction of sp³-hybridized carbons (Fsp3) is 0.400. The van der Waals surface area contributed by atoms with E-state index in [1.807, 2.05) is 36.2 Å². The molecular weight excluding hydrogens is 268 g/mol. The summed E-state index contributed by atoms with van der Waals surface area (Å²) >= 11 is 1.91. The Bertz CT molecular complexity index is 586. The van der Waals surface area contributed by atoms with Gasteiger partial charge in [-0.05, 0) is 18.6 Å². The van der Waals surface area contributed by atoms with E-state index in [2.05, 4.69) is 17.2 Å². The number of nitrogens with zero attached hydrogens (tertiary/aromatic N) is 3. The largest absolute Gasteiger partial charge is 0.370 e. The van der Waals surface area contributed by atoms with Crippen molar-refractivity contribution in [2.45, 2.75) is 31.3 Å². The summed E-state index contributed by atoms with van der Waals surface area (Å²) in [6.45, 7) is 3.12. The maximum Gasteiger partial charge on any atom is 0.137 e. The minimum atomic E-state index is 0.694. The Kier molecular flexibility index (Phi) is 4.16. The molecule has 3 rings (SSSR count). The van der Waals surface area contributed by atoms with Gasteiger partial charge < -0.3 is 5.32 Å². The Hall–Kier alpha value is -1.62. The van der Waals surface area contributed by atoms with E-state index in [0.29, 0.717) is 6.42 Å². The van der Waals surface area contributed by atoms with Gasteiger partial charge in [0.25, 0.3) is 0 Å². The lowest BCUT2D eigenvalue weighted by atomic mass is 10.2. The number of aromatic nitrogens is 3. The molecule has 1 N–H and O–H groups in total. The van der Waals surface area contributed by atoms with Crippen LogP contribution in [0.2, 0.25) is 0 Å². The van der Waals surface area contributed by atoms with Crippen molar-refractivity contribution < 1.29 is 0 Å². The van der Waals surface area contributed by atoms with E-state index in [1.54, 1.807) is 0 Å². The van der Waals surface area contributed by atoms with E-state index in [4.69, 9.17) is 9.97 Å². The molecule has 0 bridgehead atoms. The minimum absolute atomic E-state index is 0.694. The van der Waals surface area contributed by atoms with Crippen LogP contribution in [-0.4, -0.2) is 21.5 Å². The number of anilines is 1. The normalized spacial score (nSPS) is 13.2. The van der Waals surface area contributed by atoms with Crippen molar-refractivity contribution >= 4 is 17.6 Å². The van der Waals surface area contributed by atoms with Gasteiger partial charge in [-0.2, -0.15) is 11.8 Å². The number of fused-ring (bicyclic) bond motifs is 1. The molecule has 0 radical (unpaired) electrons. The van der Waals surface area contributed by atoms with Crippen LogP contribution in [0.1, 0.15) is 36.1 Å². The highest BCUT2D eigenvalue weighted by Gasteiger charge is 2.19. The lowest BCUT2D eigenvalue weighted by molar-refractivity contribution is 0.890. The van der Waals surface area contributed by atoms with Crippen molar-refractivity contribution in [3.63, 3.8) is 0 Å². The van der Waals surface area contributed by atoms with E-state index in [9.17, 15) is 0 Å². The fourth-order valence-corrected chi connectivity index (χ4v) is 3.28. The quantitative estimate of drug-likeness (QED) is 0.915. The van der Waals surface area contributed by atoms with Crippen LogP contribution in [0.5, 0.6) is 0 Å². The molecule has 5 heteroatoms. The third-order valence-electron chi connectivity index (χ3n) is 3.23. The summed E-state index contributed by atoms with van der Waals surface area (Å²) in [4.78, 5) is 13.8. The molecule has 0 aromatic carbocycles.